The lowest BCUT2D eigenvalue weighted by atomic mass is 9.97. The molecule has 0 amide bonds. The number of H-pyrrole nitrogens is 1. The Morgan fingerprint density at radius 2 is 2.18 bits per heavy atom. The van der Waals surface area contributed by atoms with E-state index >= 15 is 0 Å². The van der Waals surface area contributed by atoms with E-state index in [-0.39, 0.29) is 0 Å². The fraction of sp³-hybridized carbons (Fsp3) is 0.545. The van der Waals surface area contributed by atoms with E-state index in [0.29, 0.717) is 17.0 Å². The Morgan fingerprint density at radius 1 is 1.36 bits per heavy atom. The van der Waals surface area contributed by atoms with Crippen molar-refractivity contribution in [2.24, 2.45) is 5.11 Å². The third kappa shape index (κ3) is 2.42. The minimum atomic E-state index is -1.29. The molecule has 1 fully saturated rings. The molecule has 0 radical (unpaired) electrons. The summed E-state index contributed by atoms with van der Waals surface area (Å²) in [4.78, 5) is 17.6. The van der Waals surface area contributed by atoms with E-state index in [2.05, 4.69) is 35.3 Å². The van der Waals surface area contributed by atoms with Gasteiger partial charge in [-0.3, -0.25) is 0 Å². The summed E-state index contributed by atoms with van der Waals surface area (Å²) in [6, 6.07) is -0.865. The number of nitrogens with zero attached hydrogens (tertiary/aromatic N) is 6. The molecule has 1 aliphatic rings. The van der Waals surface area contributed by atoms with Crippen LogP contribution in [0.4, 0.5) is 5.82 Å². The van der Waals surface area contributed by atoms with Crippen molar-refractivity contribution in [3.63, 3.8) is 0 Å². The van der Waals surface area contributed by atoms with Gasteiger partial charge in [0.15, 0.2) is 17.7 Å². The van der Waals surface area contributed by atoms with Crippen LogP contribution in [-0.4, -0.2) is 60.7 Å². The van der Waals surface area contributed by atoms with Gasteiger partial charge in [0.25, 0.3) is 0 Å². The number of aliphatic hydroxyl groups excluding tert-OH is 2. The molecule has 3 heterocycles. The third-order valence-corrected chi connectivity index (χ3v) is 3.54. The lowest BCUT2D eigenvalue weighted by molar-refractivity contribution is -0.163. The third-order valence-electron chi connectivity index (χ3n) is 3.54. The highest BCUT2D eigenvalue weighted by atomic mass is 16.5. The highest BCUT2D eigenvalue weighted by molar-refractivity contribution is 5.82. The summed E-state index contributed by atoms with van der Waals surface area (Å²) in [5.74, 6) is 0.383. The first kappa shape index (κ1) is 14.5. The first-order chi connectivity index (χ1) is 10.6. The highest BCUT2D eigenvalue weighted by Crippen LogP contribution is 2.25. The number of nitrogens with one attached hydrogen (secondary N) is 2. The molecular formula is C11H14N8O3. The summed E-state index contributed by atoms with van der Waals surface area (Å²) >= 11 is 0. The van der Waals surface area contributed by atoms with Gasteiger partial charge < -0.3 is 25.3 Å². The maximum atomic E-state index is 10.1. The molecule has 0 unspecified atom stereocenters. The quantitative estimate of drug-likeness (QED) is 0.349. The zero-order valence-corrected chi connectivity index (χ0v) is 11.5. The van der Waals surface area contributed by atoms with Crippen LogP contribution in [0.5, 0.6) is 0 Å². The summed E-state index contributed by atoms with van der Waals surface area (Å²) in [5, 5.41) is 26.6. The van der Waals surface area contributed by atoms with Crippen LogP contribution in [0, 0.1) is 0 Å². The molecule has 11 nitrogen and oxygen atoms in total. The van der Waals surface area contributed by atoms with Gasteiger partial charge in [-0.2, -0.15) is 0 Å². The van der Waals surface area contributed by atoms with Crippen molar-refractivity contribution in [2.45, 2.75) is 37.5 Å². The molecule has 0 aromatic carbocycles. The van der Waals surface area contributed by atoms with E-state index in [1.807, 2.05) is 0 Å². The Hall–Kier alpha value is -2.46. The monoisotopic (exact) mass is 306 g/mol. The molecule has 4 N–H and O–H groups in total. The van der Waals surface area contributed by atoms with Gasteiger partial charge in [-0.1, -0.05) is 5.11 Å². The maximum Gasteiger partial charge on any atom is 0.182 e. The Balaban J connectivity index is 1.84. The zero-order chi connectivity index (χ0) is 15.7. The lowest BCUT2D eigenvalue weighted by Crippen LogP contribution is -2.58. The number of aromatic nitrogens is 4. The van der Waals surface area contributed by atoms with Crippen molar-refractivity contribution in [2.75, 3.05) is 5.32 Å². The fourth-order valence-corrected chi connectivity index (χ4v) is 2.40. The molecule has 2 aromatic heterocycles. The van der Waals surface area contributed by atoms with Crippen LogP contribution in [0.1, 0.15) is 6.92 Å². The normalized spacial score (nSPS) is 31.7. The van der Waals surface area contributed by atoms with Gasteiger partial charge in [0.05, 0.1) is 24.6 Å². The Morgan fingerprint density at radius 3 is 2.95 bits per heavy atom. The van der Waals surface area contributed by atoms with E-state index in [0.717, 1.165) is 0 Å². The maximum absolute atomic E-state index is 10.1. The highest BCUT2D eigenvalue weighted by Gasteiger charge is 2.42. The van der Waals surface area contributed by atoms with E-state index in [4.69, 9.17) is 10.3 Å². The van der Waals surface area contributed by atoms with Crippen LogP contribution in [-0.2, 0) is 4.74 Å². The number of hydrogen-bond donors (Lipinski definition) is 4. The molecule has 5 atom stereocenters. The zero-order valence-electron chi connectivity index (χ0n) is 11.5. The summed E-state index contributed by atoms with van der Waals surface area (Å²) in [5.41, 5.74) is 9.52. The second-order valence-corrected chi connectivity index (χ2v) is 4.91. The minimum absolute atomic E-state index is 0.383. The molecule has 11 heteroatoms. The SMILES string of the molecule is C[C@@H]1O[C@H](Nc2ncnc3nc[nH]c23)[C@@H](O)[C@H](O)[C@H]1N=[N+]=[N-]. The van der Waals surface area contributed by atoms with Crippen LogP contribution in [0.15, 0.2) is 17.8 Å². The average Bonchev–Trinajstić information content (AvgIpc) is 2.98. The van der Waals surface area contributed by atoms with Crippen LogP contribution < -0.4 is 5.32 Å². The topological polar surface area (TPSA) is 165 Å². The molecule has 0 spiro atoms. The summed E-state index contributed by atoms with van der Waals surface area (Å²) < 4.78 is 5.58. The molecule has 22 heavy (non-hydrogen) atoms. The van der Waals surface area contributed by atoms with Crippen LogP contribution >= 0.6 is 0 Å². The average molecular weight is 306 g/mol. The van der Waals surface area contributed by atoms with Gasteiger partial charge in [-0.25, -0.2) is 15.0 Å². The molecule has 1 saturated heterocycles. The minimum Gasteiger partial charge on any atom is -0.390 e. The molecule has 0 aliphatic carbocycles. The molecular weight excluding hydrogens is 292 g/mol. The Kier molecular flexibility index (Phi) is 3.77. The fourth-order valence-electron chi connectivity index (χ4n) is 2.40. The van der Waals surface area contributed by atoms with Crippen molar-refractivity contribution in [3.05, 3.63) is 23.1 Å². The standard InChI is InChI=1S/C11H14N8O3/c1-4-5(18-19-12)7(20)8(21)11(22-4)17-10-6-9(14-2-13-6)15-3-16-10/h2-5,7-8,11,20-21H,1H3,(H2,13,14,15,16,17)/t4-,5-,7+,8-,11-/m0/s1. The van der Waals surface area contributed by atoms with E-state index in [9.17, 15) is 10.2 Å². The molecule has 3 rings (SSSR count). The first-order valence-electron chi connectivity index (χ1n) is 6.58. The second-order valence-electron chi connectivity index (χ2n) is 4.91. The van der Waals surface area contributed by atoms with Gasteiger partial charge in [-0.05, 0) is 12.5 Å². The number of anilines is 1. The number of rotatable bonds is 3. The number of ether oxygens (including phenoxy) is 1. The van der Waals surface area contributed by atoms with Crippen LogP contribution in [0.3, 0.4) is 0 Å². The van der Waals surface area contributed by atoms with Crippen molar-refractivity contribution < 1.29 is 14.9 Å². The largest absolute Gasteiger partial charge is 0.390 e. The van der Waals surface area contributed by atoms with Gasteiger partial charge in [0.2, 0.25) is 0 Å². The van der Waals surface area contributed by atoms with Crippen molar-refractivity contribution in [1.82, 2.24) is 19.9 Å². The number of hydrogen-bond acceptors (Lipinski definition) is 8. The molecule has 0 saturated carbocycles. The van der Waals surface area contributed by atoms with E-state index in [1.54, 1.807) is 6.92 Å². The van der Waals surface area contributed by atoms with Crippen LogP contribution in [0.25, 0.3) is 21.6 Å². The predicted molar refractivity (Wildman–Crippen MR) is 74.6 cm³/mol. The number of imidazole rings is 1. The second kappa shape index (κ2) is 5.73. The van der Waals surface area contributed by atoms with E-state index < -0.39 is 30.6 Å². The number of aliphatic hydroxyl groups is 2. The summed E-state index contributed by atoms with van der Waals surface area (Å²) in [7, 11) is 0. The van der Waals surface area contributed by atoms with Crippen LogP contribution in [0.2, 0.25) is 0 Å². The Labute approximate surface area is 124 Å². The van der Waals surface area contributed by atoms with Gasteiger partial charge in [-0.15, -0.1) is 0 Å². The summed E-state index contributed by atoms with van der Waals surface area (Å²) in [6.07, 6.45) is -1.25. The molecule has 116 valence electrons. The van der Waals surface area contributed by atoms with E-state index in [1.165, 1.54) is 12.7 Å². The van der Waals surface area contributed by atoms with Crippen molar-refractivity contribution >= 4 is 17.0 Å². The Bertz CT molecular complexity index is 714. The molecule has 1 aliphatic heterocycles. The van der Waals surface area contributed by atoms with Crippen molar-refractivity contribution in [1.29, 1.82) is 0 Å². The predicted octanol–water partition coefficient (Wildman–Crippen LogP) is -0.0897. The van der Waals surface area contributed by atoms with Gasteiger partial charge in [0.1, 0.15) is 17.9 Å². The van der Waals surface area contributed by atoms with Gasteiger partial charge >= 0.3 is 0 Å². The number of aromatic amines is 1. The van der Waals surface area contributed by atoms with Crippen molar-refractivity contribution in [3.8, 4) is 0 Å². The number of azide groups is 1. The lowest BCUT2D eigenvalue weighted by Gasteiger charge is -2.40. The first-order valence-corrected chi connectivity index (χ1v) is 6.58. The smallest absolute Gasteiger partial charge is 0.182 e. The summed E-state index contributed by atoms with van der Waals surface area (Å²) in [6.45, 7) is 1.65. The van der Waals surface area contributed by atoms with Gasteiger partial charge in [0, 0.05) is 4.91 Å². The number of fused-ring (bicyclic) bond motifs is 1. The molecule has 0 bridgehead atoms. The molecule has 2 aromatic rings.